The zero-order valence-electron chi connectivity index (χ0n) is 10.9. The van der Waals surface area contributed by atoms with Crippen molar-refractivity contribution in [2.75, 3.05) is 6.54 Å². The Morgan fingerprint density at radius 1 is 1.44 bits per heavy atom. The number of hydrogen-bond donors (Lipinski definition) is 1. The Labute approximate surface area is 114 Å². The maximum absolute atomic E-state index is 14.0. The molecule has 1 aromatic carbocycles. The first kappa shape index (κ1) is 13.8. The number of halogens is 2. The van der Waals surface area contributed by atoms with Gasteiger partial charge in [-0.2, -0.15) is 0 Å². The van der Waals surface area contributed by atoms with E-state index in [1.54, 1.807) is 6.07 Å². The van der Waals surface area contributed by atoms with Gasteiger partial charge in [0.2, 0.25) is 0 Å². The highest BCUT2D eigenvalue weighted by molar-refractivity contribution is 6.30. The highest BCUT2D eigenvalue weighted by Crippen LogP contribution is 2.36. The van der Waals surface area contributed by atoms with Gasteiger partial charge in [0.1, 0.15) is 5.82 Å². The summed E-state index contributed by atoms with van der Waals surface area (Å²) in [5.74, 6) is 0.613. The number of rotatable bonds is 7. The molecule has 1 saturated carbocycles. The third-order valence-electron chi connectivity index (χ3n) is 3.56. The fourth-order valence-corrected chi connectivity index (χ4v) is 2.47. The predicted octanol–water partition coefficient (Wildman–Crippen LogP) is 4.71. The van der Waals surface area contributed by atoms with Crippen molar-refractivity contribution in [2.45, 2.75) is 45.1 Å². The molecular weight excluding hydrogens is 249 g/mol. The zero-order valence-corrected chi connectivity index (χ0v) is 11.6. The average molecular weight is 270 g/mol. The van der Waals surface area contributed by atoms with Crippen molar-refractivity contribution in [1.82, 2.24) is 5.32 Å². The average Bonchev–Trinajstić information content (AvgIpc) is 3.18. The summed E-state index contributed by atoms with van der Waals surface area (Å²) in [5, 5.41) is 3.66. The second-order valence-electron chi connectivity index (χ2n) is 5.17. The van der Waals surface area contributed by atoms with E-state index in [1.807, 2.05) is 12.1 Å². The molecule has 1 aliphatic rings. The molecule has 1 fully saturated rings. The standard InChI is InChI=1S/C15H21ClFN/c1-2-10-18-14(9-8-11-6-7-11)12-4-3-5-13(16)15(12)17/h3-5,11,14,18H,2,6-10H2,1H3. The van der Waals surface area contributed by atoms with Crippen LogP contribution in [0.15, 0.2) is 18.2 Å². The summed E-state index contributed by atoms with van der Waals surface area (Å²) in [5.41, 5.74) is 0.719. The van der Waals surface area contributed by atoms with Gasteiger partial charge < -0.3 is 5.32 Å². The smallest absolute Gasteiger partial charge is 0.146 e. The van der Waals surface area contributed by atoms with Crippen molar-refractivity contribution in [2.24, 2.45) is 5.92 Å². The Morgan fingerprint density at radius 3 is 2.89 bits per heavy atom. The first-order valence-corrected chi connectivity index (χ1v) is 7.27. The van der Waals surface area contributed by atoms with Crippen LogP contribution in [0.3, 0.4) is 0 Å². The van der Waals surface area contributed by atoms with Crippen molar-refractivity contribution in [3.05, 3.63) is 34.6 Å². The van der Waals surface area contributed by atoms with E-state index in [9.17, 15) is 4.39 Å². The molecule has 1 aliphatic carbocycles. The van der Waals surface area contributed by atoms with Crippen molar-refractivity contribution >= 4 is 11.6 Å². The van der Waals surface area contributed by atoms with Crippen LogP contribution in [0.2, 0.25) is 5.02 Å². The highest BCUT2D eigenvalue weighted by atomic mass is 35.5. The molecule has 1 unspecified atom stereocenters. The fraction of sp³-hybridized carbons (Fsp3) is 0.600. The molecular formula is C15H21ClFN. The summed E-state index contributed by atoms with van der Waals surface area (Å²) >= 11 is 5.86. The Balaban J connectivity index is 2.06. The summed E-state index contributed by atoms with van der Waals surface area (Å²) in [6, 6.07) is 5.39. The summed E-state index contributed by atoms with van der Waals surface area (Å²) in [6.45, 7) is 3.04. The Bertz CT molecular complexity index is 390. The highest BCUT2D eigenvalue weighted by Gasteiger charge is 2.24. The van der Waals surface area contributed by atoms with Gasteiger partial charge in [0, 0.05) is 11.6 Å². The van der Waals surface area contributed by atoms with Crippen LogP contribution in [-0.2, 0) is 0 Å². The summed E-state index contributed by atoms with van der Waals surface area (Å²) in [7, 11) is 0. The summed E-state index contributed by atoms with van der Waals surface area (Å²) in [4.78, 5) is 0. The van der Waals surface area contributed by atoms with Gasteiger partial charge in [-0.15, -0.1) is 0 Å². The van der Waals surface area contributed by atoms with Crippen LogP contribution in [0.25, 0.3) is 0 Å². The SMILES string of the molecule is CCCNC(CCC1CC1)c1cccc(Cl)c1F. The lowest BCUT2D eigenvalue weighted by Crippen LogP contribution is -2.23. The summed E-state index contributed by atoms with van der Waals surface area (Å²) < 4.78 is 14.0. The van der Waals surface area contributed by atoms with E-state index in [1.165, 1.54) is 19.3 Å². The summed E-state index contributed by atoms with van der Waals surface area (Å²) in [6.07, 6.45) is 5.94. The molecule has 1 nitrogen and oxygen atoms in total. The molecule has 0 amide bonds. The minimum absolute atomic E-state index is 0.101. The van der Waals surface area contributed by atoms with E-state index in [0.29, 0.717) is 0 Å². The molecule has 0 aromatic heterocycles. The van der Waals surface area contributed by atoms with Gasteiger partial charge >= 0.3 is 0 Å². The third-order valence-corrected chi connectivity index (χ3v) is 3.85. The van der Waals surface area contributed by atoms with Crippen molar-refractivity contribution in [1.29, 1.82) is 0 Å². The van der Waals surface area contributed by atoms with Crippen molar-refractivity contribution < 1.29 is 4.39 Å². The minimum Gasteiger partial charge on any atom is -0.310 e. The van der Waals surface area contributed by atoms with Crippen molar-refractivity contribution in [3.63, 3.8) is 0 Å². The molecule has 0 radical (unpaired) electrons. The first-order chi connectivity index (χ1) is 8.72. The second kappa shape index (κ2) is 6.53. The molecule has 1 atom stereocenters. The van der Waals surface area contributed by atoms with Gasteiger partial charge in [-0.3, -0.25) is 0 Å². The van der Waals surface area contributed by atoms with E-state index in [4.69, 9.17) is 11.6 Å². The molecule has 1 aromatic rings. The maximum Gasteiger partial charge on any atom is 0.146 e. The molecule has 0 saturated heterocycles. The zero-order chi connectivity index (χ0) is 13.0. The van der Waals surface area contributed by atoms with Crippen LogP contribution in [0.4, 0.5) is 4.39 Å². The Hall–Kier alpha value is -0.600. The number of benzene rings is 1. The quantitative estimate of drug-likeness (QED) is 0.756. The van der Waals surface area contributed by atoms with Gasteiger partial charge in [-0.05, 0) is 37.8 Å². The molecule has 0 spiro atoms. The Morgan fingerprint density at radius 2 is 2.22 bits per heavy atom. The molecule has 0 heterocycles. The maximum atomic E-state index is 14.0. The largest absolute Gasteiger partial charge is 0.310 e. The van der Waals surface area contributed by atoms with E-state index >= 15 is 0 Å². The van der Waals surface area contributed by atoms with Crippen LogP contribution in [0, 0.1) is 11.7 Å². The monoisotopic (exact) mass is 269 g/mol. The van der Waals surface area contributed by atoms with Gasteiger partial charge in [0.05, 0.1) is 5.02 Å². The predicted molar refractivity (Wildman–Crippen MR) is 74.4 cm³/mol. The lowest BCUT2D eigenvalue weighted by Gasteiger charge is -2.20. The lowest BCUT2D eigenvalue weighted by atomic mass is 9.99. The number of hydrogen-bond acceptors (Lipinski definition) is 1. The molecule has 0 bridgehead atoms. The molecule has 18 heavy (non-hydrogen) atoms. The van der Waals surface area contributed by atoms with Gasteiger partial charge in [0.15, 0.2) is 0 Å². The third kappa shape index (κ3) is 3.69. The van der Waals surface area contributed by atoms with E-state index < -0.39 is 0 Å². The van der Waals surface area contributed by atoms with Crippen LogP contribution < -0.4 is 5.32 Å². The van der Waals surface area contributed by atoms with Gasteiger partial charge in [-0.25, -0.2) is 4.39 Å². The van der Waals surface area contributed by atoms with E-state index in [-0.39, 0.29) is 16.9 Å². The van der Waals surface area contributed by atoms with Crippen LogP contribution in [0.5, 0.6) is 0 Å². The lowest BCUT2D eigenvalue weighted by molar-refractivity contribution is 0.451. The topological polar surface area (TPSA) is 12.0 Å². The van der Waals surface area contributed by atoms with Crippen LogP contribution in [0.1, 0.15) is 50.6 Å². The van der Waals surface area contributed by atoms with E-state index in [2.05, 4.69) is 12.2 Å². The Kier molecular flexibility index (Phi) is 5.02. The molecule has 100 valence electrons. The van der Waals surface area contributed by atoms with E-state index in [0.717, 1.165) is 30.9 Å². The van der Waals surface area contributed by atoms with Gasteiger partial charge in [-0.1, -0.05) is 43.5 Å². The van der Waals surface area contributed by atoms with Crippen LogP contribution in [-0.4, -0.2) is 6.54 Å². The fourth-order valence-electron chi connectivity index (χ4n) is 2.28. The normalized spacial score (nSPS) is 16.8. The van der Waals surface area contributed by atoms with Crippen molar-refractivity contribution in [3.8, 4) is 0 Å². The van der Waals surface area contributed by atoms with Gasteiger partial charge in [0.25, 0.3) is 0 Å². The minimum atomic E-state index is -0.261. The molecule has 1 N–H and O–H groups in total. The second-order valence-corrected chi connectivity index (χ2v) is 5.58. The molecule has 3 heteroatoms. The molecule has 0 aliphatic heterocycles. The first-order valence-electron chi connectivity index (χ1n) is 6.89. The van der Waals surface area contributed by atoms with Crippen LogP contribution >= 0.6 is 11.6 Å². The number of nitrogens with one attached hydrogen (secondary N) is 1. The molecule has 2 rings (SSSR count).